The zero-order valence-corrected chi connectivity index (χ0v) is 16.7. The number of carbonyl (C=O) groups excluding carboxylic acids is 1. The predicted octanol–water partition coefficient (Wildman–Crippen LogP) is 4.87. The summed E-state index contributed by atoms with van der Waals surface area (Å²) in [6, 6.07) is 13.8. The van der Waals surface area contributed by atoms with Crippen molar-refractivity contribution < 1.29 is 19.0 Å². The zero-order valence-electron chi connectivity index (χ0n) is 16.7. The van der Waals surface area contributed by atoms with Crippen LogP contribution in [0.2, 0.25) is 0 Å². The molecule has 1 aromatic heterocycles. The van der Waals surface area contributed by atoms with E-state index in [1.54, 1.807) is 19.1 Å². The second-order valence-corrected chi connectivity index (χ2v) is 6.72. The van der Waals surface area contributed by atoms with Crippen molar-refractivity contribution in [3.63, 3.8) is 0 Å². The third kappa shape index (κ3) is 5.66. The van der Waals surface area contributed by atoms with E-state index in [4.69, 9.17) is 4.74 Å². The lowest BCUT2D eigenvalue weighted by atomic mass is 9.98. The minimum absolute atomic E-state index is 0.0159. The van der Waals surface area contributed by atoms with Gasteiger partial charge >= 0.3 is 5.97 Å². The van der Waals surface area contributed by atoms with Crippen molar-refractivity contribution in [2.24, 2.45) is 0 Å². The van der Waals surface area contributed by atoms with Gasteiger partial charge in [0.1, 0.15) is 5.75 Å². The summed E-state index contributed by atoms with van der Waals surface area (Å²) in [7, 11) is 0. The molecule has 1 unspecified atom stereocenters. The molecule has 0 spiro atoms. The zero-order chi connectivity index (χ0) is 21.5. The van der Waals surface area contributed by atoms with Gasteiger partial charge in [0.25, 0.3) is 0 Å². The van der Waals surface area contributed by atoms with E-state index in [-0.39, 0.29) is 29.4 Å². The second-order valence-electron chi connectivity index (χ2n) is 6.72. The average Bonchev–Trinajstić information content (AvgIpc) is 2.71. The van der Waals surface area contributed by atoms with Gasteiger partial charge in [0.15, 0.2) is 11.6 Å². The van der Waals surface area contributed by atoms with Crippen molar-refractivity contribution in [1.29, 1.82) is 0 Å². The highest BCUT2D eigenvalue weighted by Crippen LogP contribution is 2.25. The first-order valence-electron chi connectivity index (χ1n) is 9.55. The second kappa shape index (κ2) is 9.69. The van der Waals surface area contributed by atoms with E-state index in [2.05, 4.69) is 20.6 Å². The summed E-state index contributed by atoms with van der Waals surface area (Å²) < 4.78 is 19.1. The Kier molecular flexibility index (Phi) is 6.79. The van der Waals surface area contributed by atoms with E-state index < -0.39 is 5.82 Å². The van der Waals surface area contributed by atoms with E-state index >= 15 is 0 Å². The number of rotatable bonds is 8. The molecule has 30 heavy (non-hydrogen) atoms. The van der Waals surface area contributed by atoms with E-state index in [0.717, 1.165) is 17.4 Å². The number of aromatic hydroxyl groups is 1. The van der Waals surface area contributed by atoms with Crippen molar-refractivity contribution in [2.45, 2.75) is 26.2 Å². The van der Waals surface area contributed by atoms with Gasteiger partial charge in [-0.05, 0) is 42.7 Å². The van der Waals surface area contributed by atoms with Crippen molar-refractivity contribution in [3.05, 3.63) is 66.1 Å². The van der Waals surface area contributed by atoms with Crippen LogP contribution in [0.3, 0.4) is 0 Å². The van der Waals surface area contributed by atoms with Crippen molar-refractivity contribution in [3.8, 4) is 5.75 Å². The molecule has 0 aliphatic heterocycles. The van der Waals surface area contributed by atoms with E-state index in [1.807, 2.05) is 31.2 Å². The Morgan fingerprint density at radius 3 is 2.63 bits per heavy atom. The molecule has 0 bridgehead atoms. The van der Waals surface area contributed by atoms with Crippen LogP contribution in [0.1, 0.15) is 31.7 Å². The Labute approximate surface area is 174 Å². The van der Waals surface area contributed by atoms with Crippen LogP contribution in [0.25, 0.3) is 0 Å². The lowest BCUT2D eigenvalue weighted by Gasteiger charge is -2.13. The Hall–Kier alpha value is -3.68. The number of hydrogen-bond donors (Lipinski definition) is 3. The van der Waals surface area contributed by atoms with Crippen LogP contribution < -0.4 is 10.6 Å². The van der Waals surface area contributed by atoms with Crippen LogP contribution in [0, 0.1) is 5.82 Å². The SMILES string of the molecule is CCOC(=O)CC(C)c1ccc(Nc2ncc(F)c(Nc3cccc(O)c3)n2)cc1. The van der Waals surface area contributed by atoms with Crippen LogP contribution >= 0.6 is 0 Å². The number of ether oxygens (including phenoxy) is 1. The van der Waals surface area contributed by atoms with Gasteiger partial charge in [0, 0.05) is 17.4 Å². The molecule has 156 valence electrons. The van der Waals surface area contributed by atoms with E-state index in [9.17, 15) is 14.3 Å². The van der Waals surface area contributed by atoms with Gasteiger partial charge in [0.2, 0.25) is 5.95 Å². The molecule has 0 saturated carbocycles. The Morgan fingerprint density at radius 2 is 1.93 bits per heavy atom. The first kappa shape index (κ1) is 21.0. The van der Waals surface area contributed by atoms with E-state index in [0.29, 0.717) is 18.7 Å². The highest BCUT2D eigenvalue weighted by molar-refractivity contribution is 5.70. The van der Waals surface area contributed by atoms with Crippen molar-refractivity contribution in [1.82, 2.24) is 9.97 Å². The summed E-state index contributed by atoms with van der Waals surface area (Å²) in [5.74, 6) is -0.557. The Balaban J connectivity index is 1.68. The van der Waals surface area contributed by atoms with Crippen LogP contribution in [0.4, 0.5) is 27.5 Å². The number of nitrogens with one attached hydrogen (secondary N) is 2. The van der Waals surface area contributed by atoms with Gasteiger partial charge in [-0.1, -0.05) is 25.1 Å². The predicted molar refractivity (Wildman–Crippen MR) is 113 cm³/mol. The third-order valence-corrected chi connectivity index (χ3v) is 4.37. The summed E-state index contributed by atoms with van der Waals surface area (Å²) in [5.41, 5.74) is 2.22. The Bertz CT molecular complexity index is 1010. The summed E-state index contributed by atoms with van der Waals surface area (Å²) in [6.07, 6.45) is 1.38. The summed E-state index contributed by atoms with van der Waals surface area (Å²) >= 11 is 0. The maximum absolute atomic E-state index is 14.1. The summed E-state index contributed by atoms with van der Waals surface area (Å²) in [6.45, 7) is 4.11. The normalized spacial score (nSPS) is 11.6. The summed E-state index contributed by atoms with van der Waals surface area (Å²) in [5, 5.41) is 15.4. The number of benzene rings is 2. The molecule has 1 heterocycles. The number of anilines is 4. The smallest absolute Gasteiger partial charge is 0.306 e. The first-order chi connectivity index (χ1) is 14.4. The van der Waals surface area contributed by atoms with Gasteiger partial charge in [-0.15, -0.1) is 0 Å². The molecule has 8 heteroatoms. The first-order valence-corrected chi connectivity index (χ1v) is 9.55. The van der Waals surface area contributed by atoms with Gasteiger partial charge < -0.3 is 20.5 Å². The molecular weight excluding hydrogens is 387 g/mol. The standard InChI is InChI=1S/C22H23FN4O3/c1-3-30-20(29)11-14(2)15-7-9-16(10-8-15)26-22-24-13-19(23)21(27-22)25-17-5-4-6-18(28)12-17/h4-10,12-14,28H,3,11H2,1-2H3,(H2,24,25,26,27). The Morgan fingerprint density at radius 1 is 1.17 bits per heavy atom. The molecule has 7 nitrogen and oxygen atoms in total. The fourth-order valence-electron chi connectivity index (χ4n) is 2.85. The van der Waals surface area contributed by atoms with Crippen LogP contribution in [0.5, 0.6) is 5.75 Å². The highest BCUT2D eigenvalue weighted by atomic mass is 19.1. The number of carbonyl (C=O) groups is 1. The number of esters is 1. The molecule has 3 aromatic rings. The fourth-order valence-corrected chi connectivity index (χ4v) is 2.85. The third-order valence-electron chi connectivity index (χ3n) is 4.37. The average molecular weight is 410 g/mol. The molecule has 0 aliphatic rings. The number of halogens is 1. The van der Waals surface area contributed by atoms with E-state index in [1.165, 1.54) is 12.1 Å². The number of hydrogen-bond acceptors (Lipinski definition) is 7. The number of phenols is 1. The van der Waals surface area contributed by atoms with Gasteiger partial charge in [-0.3, -0.25) is 4.79 Å². The molecule has 3 rings (SSSR count). The molecule has 1 atom stereocenters. The number of phenolic OH excluding ortho intramolecular Hbond substituents is 1. The minimum Gasteiger partial charge on any atom is -0.508 e. The molecule has 0 radical (unpaired) electrons. The molecule has 0 aliphatic carbocycles. The quantitative estimate of drug-likeness (QED) is 0.456. The van der Waals surface area contributed by atoms with Gasteiger partial charge in [0.05, 0.1) is 19.2 Å². The molecule has 0 amide bonds. The van der Waals surface area contributed by atoms with Crippen molar-refractivity contribution >= 4 is 29.1 Å². The molecule has 0 saturated heterocycles. The highest BCUT2D eigenvalue weighted by Gasteiger charge is 2.12. The monoisotopic (exact) mass is 410 g/mol. The lowest BCUT2D eigenvalue weighted by Crippen LogP contribution is -2.08. The molecule has 2 aromatic carbocycles. The lowest BCUT2D eigenvalue weighted by molar-refractivity contribution is -0.143. The summed E-state index contributed by atoms with van der Waals surface area (Å²) in [4.78, 5) is 19.8. The fraction of sp³-hybridized carbons (Fsp3) is 0.227. The van der Waals surface area contributed by atoms with Crippen LogP contribution in [-0.2, 0) is 9.53 Å². The molecule has 0 fully saturated rings. The molecule has 3 N–H and O–H groups in total. The topological polar surface area (TPSA) is 96.4 Å². The molecular formula is C22H23FN4O3. The number of nitrogens with zero attached hydrogens (tertiary/aromatic N) is 2. The number of aromatic nitrogens is 2. The van der Waals surface area contributed by atoms with Crippen LogP contribution in [-0.4, -0.2) is 27.7 Å². The largest absolute Gasteiger partial charge is 0.508 e. The maximum atomic E-state index is 14.1. The van der Waals surface area contributed by atoms with Crippen LogP contribution in [0.15, 0.2) is 54.7 Å². The van der Waals surface area contributed by atoms with Gasteiger partial charge in [-0.2, -0.15) is 4.98 Å². The van der Waals surface area contributed by atoms with Gasteiger partial charge in [-0.25, -0.2) is 9.37 Å². The minimum atomic E-state index is -0.618. The maximum Gasteiger partial charge on any atom is 0.306 e. The van der Waals surface area contributed by atoms with Crippen molar-refractivity contribution in [2.75, 3.05) is 17.2 Å².